The first-order chi connectivity index (χ1) is 10.8. The highest BCUT2D eigenvalue weighted by atomic mass is 35.5. The molecule has 0 radical (unpaired) electrons. The smallest absolute Gasteiger partial charge is 0.136 e. The van der Waals surface area contributed by atoms with E-state index in [-0.39, 0.29) is 0 Å². The van der Waals surface area contributed by atoms with Gasteiger partial charge in [-0.3, -0.25) is 0 Å². The van der Waals surface area contributed by atoms with E-state index in [2.05, 4.69) is 48.5 Å². The molecule has 2 heteroatoms. The predicted molar refractivity (Wildman–Crippen MR) is 92.0 cm³/mol. The van der Waals surface area contributed by atoms with Crippen molar-refractivity contribution in [1.82, 2.24) is 0 Å². The van der Waals surface area contributed by atoms with Gasteiger partial charge >= 0.3 is 0 Å². The molecule has 104 valence electrons. The molecule has 5 rings (SSSR count). The van der Waals surface area contributed by atoms with Crippen LogP contribution in [-0.2, 0) is 0 Å². The van der Waals surface area contributed by atoms with E-state index in [1.807, 2.05) is 18.2 Å². The Morgan fingerprint density at radius 3 is 2.50 bits per heavy atom. The van der Waals surface area contributed by atoms with Crippen molar-refractivity contribution in [3.63, 3.8) is 0 Å². The van der Waals surface area contributed by atoms with Crippen LogP contribution in [-0.4, -0.2) is 0 Å². The first kappa shape index (κ1) is 12.1. The molecule has 1 aliphatic heterocycles. The molecule has 0 aromatic heterocycles. The Morgan fingerprint density at radius 2 is 1.55 bits per heavy atom. The molecule has 4 aromatic carbocycles. The quantitative estimate of drug-likeness (QED) is 0.300. The van der Waals surface area contributed by atoms with E-state index in [0.29, 0.717) is 0 Å². The maximum absolute atomic E-state index is 6.18. The third kappa shape index (κ3) is 1.54. The Hall–Kier alpha value is -2.51. The van der Waals surface area contributed by atoms with Crippen LogP contribution >= 0.6 is 11.6 Å². The lowest BCUT2D eigenvalue weighted by Crippen LogP contribution is -1.97. The normalized spacial score (nSPS) is 12.2. The summed E-state index contributed by atoms with van der Waals surface area (Å²) < 4.78 is 6.15. The molecular formula is C20H11ClO. The van der Waals surface area contributed by atoms with E-state index in [1.165, 1.54) is 21.7 Å². The molecule has 1 heterocycles. The SMILES string of the molecule is Clc1ccc2c(c1)-c1cccc3c1c(cc1ccccc13)O2. The summed E-state index contributed by atoms with van der Waals surface area (Å²) >= 11 is 6.18. The molecule has 0 saturated heterocycles. The van der Waals surface area contributed by atoms with E-state index < -0.39 is 0 Å². The topological polar surface area (TPSA) is 9.23 Å². The van der Waals surface area contributed by atoms with Gasteiger partial charge in [-0.2, -0.15) is 0 Å². The Balaban J connectivity index is 2.01. The van der Waals surface area contributed by atoms with Crippen molar-refractivity contribution in [1.29, 1.82) is 0 Å². The van der Waals surface area contributed by atoms with Gasteiger partial charge in [0.1, 0.15) is 11.5 Å². The third-order valence-corrected chi connectivity index (χ3v) is 4.54. The predicted octanol–water partition coefficient (Wildman–Crippen LogP) is 6.42. The highest BCUT2D eigenvalue weighted by molar-refractivity contribution is 6.31. The molecule has 0 aliphatic carbocycles. The first-order valence-electron chi connectivity index (χ1n) is 7.23. The van der Waals surface area contributed by atoms with Gasteiger partial charge in [-0.15, -0.1) is 0 Å². The maximum atomic E-state index is 6.18. The lowest BCUT2D eigenvalue weighted by molar-refractivity contribution is 0.487. The number of halogens is 1. The average Bonchev–Trinajstić information content (AvgIpc) is 2.56. The molecule has 0 saturated carbocycles. The molecule has 0 unspecified atom stereocenters. The zero-order valence-corrected chi connectivity index (χ0v) is 12.4. The van der Waals surface area contributed by atoms with Gasteiger partial charge in [-0.05, 0) is 46.0 Å². The maximum Gasteiger partial charge on any atom is 0.136 e. The molecule has 22 heavy (non-hydrogen) atoms. The molecule has 1 nitrogen and oxygen atoms in total. The minimum Gasteiger partial charge on any atom is -0.456 e. The molecule has 0 amide bonds. The van der Waals surface area contributed by atoms with Crippen molar-refractivity contribution in [2.24, 2.45) is 0 Å². The van der Waals surface area contributed by atoms with E-state index in [9.17, 15) is 0 Å². The van der Waals surface area contributed by atoms with Crippen molar-refractivity contribution in [2.75, 3.05) is 0 Å². The van der Waals surface area contributed by atoms with Crippen molar-refractivity contribution in [3.8, 4) is 22.6 Å². The summed E-state index contributed by atoms with van der Waals surface area (Å²) in [6.45, 7) is 0. The number of benzene rings is 4. The van der Waals surface area contributed by atoms with Crippen LogP contribution in [0.3, 0.4) is 0 Å². The molecular weight excluding hydrogens is 292 g/mol. The second kappa shape index (κ2) is 4.25. The van der Waals surface area contributed by atoms with Gasteiger partial charge < -0.3 is 4.74 Å². The van der Waals surface area contributed by atoms with Gasteiger partial charge in [-0.25, -0.2) is 0 Å². The van der Waals surface area contributed by atoms with Crippen LogP contribution in [0.2, 0.25) is 5.02 Å². The Morgan fingerprint density at radius 1 is 0.682 bits per heavy atom. The van der Waals surface area contributed by atoms with E-state index in [4.69, 9.17) is 16.3 Å². The number of ether oxygens (including phenoxy) is 1. The van der Waals surface area contributed by atoms with Gasteiger partial charge in [0.15, 0.2) is 0 Å². The van der Waals surface area contributed by atoms with Gasteiger partial charge in [0.2, 0.25) is 0 Å². The highest BCUT2D eigenvalue weighted by Gasteiger charge is 2.21. The second-order valence-electron chi connectivity index (χ2n) is 5.57. The summed E-state index contributed by atoms with van der Waals surface area (Å²) in [4.78, 5) is 0. The van der Waals surface area contributed by atoms with Crippen LogP contribution in [0, 0.1) is 0 Å². The van der Waals surface area contributed by atoms with Crippen LogP contribution in [0.1, 0.15) is 0 Å². The van der Waals surface area contributed by atoms with Crippen molar-refractivity contribution in [2.45, 2.75) is 0 Å². The monoisotopic (exact) mass is 302 g/mol. The Labute approximate surface area is 132 Å². The highest BCUT2D eigenvalue weighted by Crippen LogP contribution is 2.48. The minimum absolute atomic E-state index is 0.726. The van der Waals surface area contributed by atoms with Crippen molar-refractivity contribution < 1.29 is 4.74 Å². The molecule has 0 bridgehead atoms. The summed E-state index contributed by atoms with van der Waals surface area (Å²) in [5, 5.41) is 5.55. The van der Waals surface area contributed by atoms with Crippen LogP contribution in [0.4, 0.5) is 0 Å². The van der Waals surface area contributed by atoms with Crippen LogP contribution in [0.25, 0.3) is 32.7 Å². The Bertz CT molecular complexity index is 1070. The molecule has 1 aliphatic rings. The lowest BCUT2D eigenvalue weighted by Gasteiger charge is -2.22. The fraction of sp³-hybridized carbons (Fsp3) is 0. The van der Waals surface area contributed by atoms with E-state index in [1.54, 1.807) is 0 Å². The minimum atomic E-state index is 0.726. The summed E-state index contributed by atoms with van der Waals surface area (Å²) in [6, 6.07) is 22.7. The zero-order valence-electron chi connectivity index (χ0n) is 11.6. The average molecular weight is 303 g/mol. The Kier molecular flexibility index (Phi) is 2.33. The number of rotatable bonds is 0. The van der Waals surface area contributed by atoms with Crippen LogP contribution in [0.5, 0.6) is 11.5 Å². The van der Waals surface area contributed by atoms with Crippen LogP contribution < -0.4 is 4.74 Å². The van der Waals surface area contributed by atoms with Gasteiger partial charge in [0.05, 0.1) is 0 Å². The first-order valence-corrected chi connectivity index (χ1v) is 7.61. The number of fused-ring (bicyclic) bond motifs is 4. The van der Waals surface area contributed by atoms with Crippen molar-refractivity contribution >= 4 is 33.1 Å². The van der Waals surface area contributed by atoms with E-state index >= 15 is 0 Å². The molecule has 0 atom stereocenters. The molecule has 0 fully saturated rings. The fourth-order valence-electron chi connectivity index (χ4n) is 3.35. The number of hydrogen-bond donors (Lipinski definition) is 0. The summed E-state index contributed by atoms with van der Waals surface area (Å²) in [7, 11) is 0. The van der Waals surface area contributed by atoms with Gasteiger partial charge in [0.25, 0.3) is 0 Å². The van der Waals surface area contributed by atoms with Gasteiger partial charge in [0, 0.05) is 16.0 Å². The van der Waals surface area contributed by atoms with Crippen molar-refractivity contribution in [3.05, 3.63) is 71.8 Å². The lowest BCUT2D eigenvalue weighted by atomic mass is 9.92. The number of hydrogen-bond acceptors (Lipinski definition) is 1. The zero-order chi connectivity index (χ0) is 14.7. The van der Waals surface area contributed by atoms with Crippen LogP contribution in [0.15, 0.2) is 66.7 Å². The molecule has 0 spiro atoms. The largest absolute Gasteiger partial charge is 0.456 e. The third-order valence-electron chi connectivity index (χ3n) is 4.30. The molecule has 4 aromatic rings. The van der Waals surface area contributed by atoms with E-state index in [0.717, 1.165) is 27.5 Å². The summed E-state index contributed by atoms with van der Waals surface area (Å²) in [6.07, 6.45) is 0. The standard InChI is InChI=1S/C20H11ClO/c21-13-8-9-18-17(11-13)16-7-3-6-15-14-5-2-1-4-12(14)10-19(22-18)20(15)16/h1-11H. The molecule has 0 N–H and O–H groups in total. The second-order valence-corrected chi connectivity index (χ2v) is 6.00. The summed E-state index contributed by atoms with van der Waals surface area (Å²) in [5.74, 6) is 1.78. The fourth-order valence-corrected chi connectivity index (χ4v) is 3.52. The summed E-state index contributed by atoms with van der Waals surface area (Å²) in [5.41, 5.74) is 2.24. The van der Waals surface area contributed by atoms with Gasteiger partial charge in [-0.1, -0.05) is 54.1 Å².